The fraction of sp³-hybridized carbons (Fsp3) is 0.921. The summed E-state index contributed by atoms with van der Waals surface area (Å²) in [6, 6.07) is 0. The molecule has 0 aromatic carbocycles. The molecule has 14 N–H and O–H groups in total. The van der Waals surface area contributed by atoms with E-state index in [1.54, 1.807) is 0 Å². The predicted octanol–water partition coefficient (Wildman–Crippen LogP) is -2.68. The average molecular weight is 1320 g/mol. The Morgan fingerprint density at radius 1 is 0.565 bits per heavy atom. The van der Waals surface area contributed by atoms with E-state index < -0.39 is 244 Å². The van der Waals surface area contributed by atoms with Gasteiger partial charge in [0.25, 0.3) is 0 Å². The topological polar surface area (TPSA) is 445 Å². The van der Waals surface area contributed by atoms with Gasteiger partial charge in [0.05, 0.1) is 75.2 Å². The molecule has 12 aliphatic heterocycles. The van der Waals surface area contributed by atoms with Crippen LogP contribution >= 0.6 is 0 Å². The van der Waals surface area contributed by atoms with Crippen LogP contribution in [0.25, 0.3) is 0 Å². The zero-order valence-corrected chi connectivity index (χ0v) is 53.4. The first kappa shape index (κ1) is 70.5. The predicted molar refractivity (Wildman–Crippen MR) is 306 cm³/mol. The molecule has 0 aromatic heterocycles. The number of hydrogen-bond acceptors (Lipinski definition) is 29. The summed E-state index contributed by atoms with van der Waals surface area (Å²) in [7, 11) is 0. The summed E-state index contributed by atoms with van der Waals surface area (Å²) in [6.07, 6.45) is -36.9. The van der Waals surface area contributed by atoms with Crippen molar-refractivity contribution in [1.82, 2.24) is 0 Å². The molecule has 17 rings (SSSR count). The molecule has 33 atom stereocenters. The molecule has 12 fully saturated rings. The van der Waals surface area contributed by atoms with Crippen molar-refractivity contribution >= 4 is 17.9 Å². The second kappa shape index (κ2) is 25.8. The van der Waals surface area contributed by atoms with Gasteiger partial charge in [-0.1, -0.05) is 53.2 Å². The lowest BCUT2D eigenvalue weighted by Gasteiger charge is -2.72. The van der Waals surface area contributed by atoms with Crippen LogP contribution in [0, 0.1) is 50.2 Å². The van der Waals surface area contributed by atoms with Gasteiger partial charge in [0.1, 0.15) is 79.4 Å². The van der Waals surface area contributed by atoms with Gasteiger partial charge in [0.15, 0.2) is 43.5 Å². The van der Waals surface area contributed by atoms with Gasteiger partial charge in [0, 0.05) is 5.41 Å². The molecule has 524 valence electrons. The lowest BCUT2D eigenvalue weighted by molar-refractivity contribution is -0.377. The highest BCUT2D eigenvalue weighted by atomic mass is 16.8. The zero-order chi connectivity index (χ0) is 66.9. The number of aliphatic hydroxyl groups is 14. The molecule has 92 heavy (non-hydrogen) atoms. The number of allylic oxidation sites excluding steroid dienone is 2. The number of aliphatic hydroxyl groups excluding tert-OH is 13. The van der Waals surface area contributed by atoms with E-state index in [1.807, 2.05) is 6.92 Å². The molecule has 5 aliphatic carbocycles. The van der Waals surface area contributed by atoms with Crippen LogP contribution in [0.3, 0.4) is 0 Å². The maximum atomic E-state index is 15.6. The van der Waals surface area contributed by atoms with E-state index in [1.165, 1.54) is 6.92 Å². The number of carbonyl (C=O) groups is 3. The van der Waals surface area contributed by atoms with Gasteiger partial charge in [-0.25, -0.2) is 0 Å². The lowest BCUT2D eigenvalue weighted by atomic mass is 9.33. The van der Waals surface area contributed by atoms with Crippen LogP contribution in [-0.4, -0.2) is 275 Å². The Morgan fingerprint density at radius 2 is 1.21 bits per heavy atom. The smallest absolute Gasteiger partial charge is 0.315 e. The van der Waals surface area contributed by atoms with Gasteiger partial charge < -0.3 is 128 Å². The Hall–Kier alpha value is -2.77. The van der Waals surface area contributed by atoms with Crippen molar-refractivity contribution in [3.05, 3.63) is 11.6 Å². The first-order chi connectivity index (χ1) is 43.1. The van der Waals surface area contributed by atoms with Crippen LogP contribution in [0.15, 0.2) is 11.6 Å². The van der Waals surface area contributed by atoms with Gasteiger partial charge in [-0.3, -0.25) is 14.4 Å². The van der Waals surface area contributed by atoms with E-state index in [-0.39, 0.29) is 29.6 Å². The van der Waals surface area contributed by atoms with Crippen LogP contribution in [0.5, 0.6) is 0 Å². The molecule has 17 aliphatic rings. The third-order valence-electron chi connectivity index (χ3n) is 24.0. The van der Waals surface area contributed by atoms with Gasteiger partial charge in [-0.2, -0.15) is 0 Å². The second-order valence-corrected chi connectivity index (χ2v) is 30.5. The van der Waals surface area contributed by atoms with Gasteiger partial charge >= 0.3 is 17.9 Å². The molecular weight excluding hydrogens is 1220 g/mol. The molecule has 0 amide bonds. The maximum Gasteiger partial charge on any atom is 0.315 e. The van der Waals surface area contributed by atoms with Crippen molar-refractivity contribution in [1.29, 1.82) is 0 Å². The molecule has 0 radical (unpaired) electrons. The Kier molecular flexibility index (Phi) is 19.8. The lowest BCUT2D eigenvalue weighted by Crippen LogP contribution is -2.70. The first-order valence-corrected chi connectivity index (χ1v) is 32.6. The molecule has 4 saturated carbocycles. The quantitative estimate of drug-likeness (QED) is 0.0590. The molecule has 12 heterocycles. The summed E-state index contributed by atoms with van der Waals surface area (Å²) in [5, 5.41) is 159. The van der Waals surface area contributed by atoms with E-state index in [9.17, 15) is 81.1 Å². The van der Waals surface area contributed by atoms with Crippen molar-refractivity contribution in [2.24, 2.45) is 50.2 Å². The number of carbonyl (C=O) groups excluding carboxylic acids is 3. The van der Waals surface area contributed by atoms with Gasteiger partial charge in [-0.05, 0) is 111 Å². The molecule has 0 unspecified atom stereocenters. The number of esters is 3. The summed E-state index contributed by atoms with van der Waals surface area (Å²) in [6.45, 7) is 12.2. The minimum absolute atomic E-state index is 0.109. The Balaban J connectivity index is 0.951. The minimum Gasteiger partial charge on any atom is -0.457 e. The van der Waals surface area contributed by atoms with E-state index >= 15 is 4.79 Å². The molecule has 0 aromatic rings. The van der Waals surface area contributed by atoms with Crippen molar-refractivity contribution in [3.8, 4) is 0 Å². The Bertz CT molecular complexity index is 2700. The summed E-state index contributed by atoms with van der Waals surface area (Å²) in [5.74, 6) is -3.90. The number of rotatable bonds is 4. The van der Waals surface area contributed by atoms with Crippen molar-refractivity contribution in [2.45, 2.75) is 279 Å². The second-order valence-electron chi connectivity index (χ2n) is 30.5. The summed E-state index contributed by atoms with van der Waals surface area (Å²) in [5.41, 5.74) is -5.49. The monoisotopic (exact) mass is 1320 g/mol. The third-order valence-corrected chi connectivity index (χ3v) is 24.0. The molecule has 29 nitrogen and oxygen atoms in total. The molecule has 1 spiro atoms. The fourth-order valence-corrected chi connectivity index (χ4v) is 18.5. The van der Waals surface area contributed by atoms with Crippen molar-refractivity contribution in [2.75, 3.05) is 33.0 Å². The first-order valence-electron chi connectivity index (χ1n) is 32.6. The van der Waals surface area contributed by atoms with Gasteiger partial charge in [0.2, 0.25) is 6.29 Å². The molecule has 8 saturated heterocycles. The molecule has 12 bridgehead atoms. The molecular formula is C63H98O29. The van der Waals surface area contributed by atoms with E-state index in [0.29, 0.717) is 51.4 Å². The Morgan fingerprint density at radius 3 is 1.90 bits per heavy atom. The summed E-state index contributed by atoms with van der Waals surface area (Å²) < 4.78 is 72.3. The third kappa shape index (κ3) is 12.1. The normalized spacial score (nSPS) is 54.4. The number of hydrogen-bond donors (Lipinski definition) is 14. The average Bonchev–Trinajstić information content (AvgIpc) is 0.674. The Labute approximate surface area is 533 Å². The van der Waals surface area contributed by atoms with E-state index in [0.717, 1.165) is 12.5 Å². The van der Waals surface area contributed by atoms with Crippen LogP contribution < -0.4 is 0 Å². The molecule has 29 heteroatoms. The van der Waals surface area contributed by atoms with Crippen LogP contribution in [0.2, 0.25) is 0 Å². The highest BCUT2D eigenvalue weighted by molar-refractivity contribution is 5.79. The number of ether oxygens (including phenoxy) is 12. The highest BCUT2D eigenvalue weighted by Gasteiger charge is 2.72. The fourth-order valence-electron chi connectivity index (χ4n) is 18.5. The van der Waals surface area contributed by atoms with E-state index in [4.69, 9.17) is 56.8 Å². The van der Waals surface area contributed by atoms with Gasteiger partial charge in [-0.15, -0.1) is 0 Å². The largest absolute Gasteiger partial charge is 0.457 e. The minimum atomic E-state index is -2.29. The maximum absolute atomic E-state index is 15.6. The van der Waals surface area contributed by atoms with Crippen LogP contribution in [-0.2, 0) is 71.2 Å². The summed E-state index contributed by atoms with van der Waals surface area (Å²) >= 11 is 0. The van der Waals surface area contributed by atoms with Crippen LogP contribution in [0.4, 0.5) is 0 Å². The highest BCUT2D eigenvalue weighted by Crippen LogP contribution is 2.76. The van der Waals surface area contributed by atoms with Crippen molar-refractivity contribution in [3.63, 3.8) is 0 Å². The SMILES string of the molecule is C[C@@H]1O[C@H]2O[C@H]3[C@@H](OC[C@H](O)[C@@H]3O)OC(=O)[C@]34CCC(C)(C)C[C@H]3C3=CC[C@@H]5[C@@]6(C)C[C@H](O)[C@H](O[C@@H]7O[C@H](CO)[C@@H](O)[C@H](O)[C@H]7O[C@@H]7OC[C@H](OC(=O)C[C@](C)(O)CC(=O)O[C@@H]1[C@@H](O[C@@H]1OC[C@@H](O)[C@H](O)[C@H]1O)[C@H]2O)[C@H](O)[C@H]7O)[C@@](C)(CO)[C@H]6CC[C@@]5(C)[C@]3(C)CC4. The zero-order valence-electron chi connectivity index (χ0n) is 53.4. The van der Waals surface area contributed by atoms with E-state index in [2.05, 4.69) is 40.7 Å². The summed E-state index contributed by atoms with van der Waals surface area (Å²) in [4.78, 5) is 43.1. The van der Waals surface area contributed by atoms with Crippen LogP contribution in [0.1, 0.15) is 126 Å². The standard InChI is InChI=1S/C63H98O29/c1-26-46-47(88-51-43(76)38(71)30(67)22-81-51)45(78)53(84-26)90-48-39(72)31(68)23-82-54(48)92-56(79)63-15-13-57(2,3)17-28(63)27-9-10-35-59(5)18-29(66)50(60(6,25-65)34(59)11-12-62(35,8)61(27,7)14-16-63)91-55-49(42(75)40(73)32(21-64)86-55)89-52-44(77)41(74)33(24-83-52)85-36(69)19-58(4,80)20-37(70)87-46/h9,26,28-35,38-55,64-68,71-78,80H,10-25H2,1-8H3/t26-,28-,29-,30+,31-,32+,33-,34-,35+,38-,39-,40+,41-,42-,43+,44+,45+,46-,47-,48+,49+,50-,51-,52-,53-,54-,55-,58-,59-,60-,61+,62+,63-/m0/s1. The van der Waals surface area contributed by atoms with Crippen molar-refractivity contribution < 1.29 is 143 Å².